The lowest BCUT2D eigenvalue weighted by molar-refractivity contribution is 0.273. The smallest absolute Gasteiger partial charge is 0.242 e. The molecule has 2 rings (SSSR count). The molecule has 13 heavy (non-hydrogen) atoms. The van der Waals surface area contributed by atoms with Gasteiger partial charge in [0.2, 0.25) is 5.95 Å². The number of anilines is 1. The first-order chi connectivity index (χ1) is 6.35. The highest BCUT2D eigenvalue weighted by atomic mass is 16.3. The third-order valence-electron chi connectivity index (χ3n) is 1.82. The van der Waals surface area contributed by atoms with Crippen molar-refractivity contribution in [1.82, 2.24) is 14.6 Å². The predicted molar refractivity (Wildman–Crippen MR) is 48.5 cm³/mol. The van der Waals surface area contributed by atoms with Crippen LogP contribution in [0.2, 0.25) is 0 Å². The van der Waals surface area contributed by atoms with Crippen molar-refractivity contribution >= 4 is 11.6 Å². The van der Waals surface area contributed by atoms with Crippen LogP contribution in [0.15, 0.2) is 18.2 Å². The van der Waals surface area contributed by atoms with E-state index in [2.05, 4.69) is 15.4 Å². The van der Waals surface area contributed by atoms with Crippen LogP contribution >= 0.6 is 0 Å². The highest BCUT2D eigenvalue weighted by Crippen LogP contribution is 2.07. The first kappa shape index (κ1) is 8.00. The van der Waals surface area contributed by atoms with Crippen molar-refractivity contribution in [2.75, 3.05) is 12.4 Å². The molecule has 0 unspecified atom stereocenters. The van der Waals surface area contributed by atoms with Crippen molar-refractivity contribution in [1.29, 1.82) is 0 Å². The maximum atomic E-state index is 9.01. The Kier molecular flexibility index (Phi) is 1.86. The van der Waals surface area contributed by atoms with Crippen molar-refractivity contribution in [3.05, 3.63) is 23.9 Å². The Balaban J connectivity index is 2.67. The van der Waals surface area contributed by atoms with Crippen LogP contribution in [-0.4, -0.2) is 26.8 Å². The van der Waals surface area contributed by atoms with Crippen LogP contribution in [0.5, 0.6) is 0 Å². The molecule has 0 aromatic carbocycles. The summed E-state index contributed by atoms with van der Waals surface area (Å²) >= 11 is 0. The minimum absolute atomic E-state index is 0.0378. The zero-order valence-corrected chi connectivity index (χ0v) is 7.23. The lowest BCUT2D eigenvalue weighted by Crippen LogP contribution is -1.98. The molecule has 2 aromatic heterocycles. The van der Waals surface area contributed by atoms with Gasteiger partial charge in [-0.2, -0.15) is 4.98 Å². The average Bonchev–Trinajstić information content (AvgIpc) is 2.59. The summed E-state index contributed by atoms with van der Waals surface area (Å²) in [6, 6.07) is 5.49. The molecular weight excluding hydrogens is 168 g/mol. The standard InChI is InChI=1S/C8H10N4O/c1-9-8-10-7-4-2-3-6(5-13)12(7)11-8/h2-4,13H,5H2,1H3,(H,9,11). The van der Waals surface area contributed by atoms with E-state index < -0.39 is 0 Å². The summed E-state index contributed by atoms with van der Waals surface area (Å²) < 4.78 is 1.62. The molecule has 5 nitrogen and oxygen atoms in total. The molecule has 0 fully saturated rings. The Hall–Kier alpha value is -1.62. The molecule has 2 aromatic rings. The third-order valence-corrected chi connectivity index (χ3v) is 1.82. The quantitative estimate of drug-likeness (QED) is 0.692. The van der Waals surface area contributed by atoms with Crippen molar-refractivity contribution in [3.8, 4) is 0 Å². The van der Waals surface area contributed by atoms with E-state index in [1.165, 1.54) is 0 Å². The van der Waals surface area contributed by atoms with E-state index in [1.54, 1.807) is 17.6 Å². The summed E-state index contributed by atoms with van der Waals surface area (Å²) in [5.74, 6) is 0.556. The van der Waals surface area contributed by atoms with Gasteiger partial charge < -0.3 is 10.4 Å². The Labute approximate surface area is 75.0 Å². The third kappa shape index (κ3) is 1.23. The van der Waals surface area contributed by atoms with Gasteiger partial charge in [0.25, 0.3) is 0 Å². The molecule has 0 aliphatic heterocycles. The number of aliphatic hydroxyl groups is 1. The molecule has 2 N–H and O–H groups in total. The number of rotatable bonds is 2. The van der Waals surface area contributed by atoms with Crippen molar-refractivity contribution in [3.63, 3.8) is 0 Å². The molecule has 68 valence electrons. The molecule has 2 heterocycles. The number of aliphatic hydroxyl groups excluding tert-OH is 1. The number of hydrogen-bond acceptors (Lipinski definition) is 4. The van der Waals surface area contributed by atoms with Gasteiger partial charge in [0.15, 0.2) is 5.65 Å². The first-order valence-corrected chi connectivity index (χ1v) is 3.98. The Morgan fingerprint density at radius 2 is 2.38 bits per heavy atom. The highest BCUT2D eigenvalue weighted by Gasteiger charge is 2.03. The molecule has 0 spiro atoms. The van der Waals surface area contributed by atoms with Gasteiger partial charge in [-0.1, -0.05) is 6.07 Å². The molecular formula is C8H10N4O. The van der Waals surface area contributed by atoms with Crippen LogP contribution in [0.4, 0.5) is 5.95 Å². The number of nitrogens with one attached hydrogen (secondary N) is 1. The lowest BCUT2D eigenvalue weighted by atomic mass is 10.4. The zero-order valence-electron chi connectivity index (χ0n) is 7.23. The maximum absolute atomic E-state index is 9.01. The maximum Gasteiger partial charge on any atom is 0.242 e. The second-order valence-electron chi connectivity index (χ2n) is 2.63. The van der Waals surface area contributed by atoms with Crippen LogP contribution in [-0.2, 0) is 6.61 Å². The number of pyridine rings is 1. The number of nitrogens with zero attached hydrogens (tertiary/aromatic N) is 3. The van der Waals surface area contributed by atoms with Crippen molar-refractivity contribution in [2.45, 2.75) is 6.61 Å². The number of aromatic nitrogens is 3. The summed E-state index contributed by atoms with van der Waals surface area (Å²) in [6.07, 6.45) is 0. The molecule has 0 saturated carbocycles. The van der Waals surface area contributed by atoms with Gasteiger partial charge in [-0.25, -0.2) is 4.52 Å². The molecule has 0 aliphatic rings. The average molecular weight is 178 g/mol. The first-order valence-electron chi connectivity index (χ1n) is 3.98. The Morgan fingerprint density at radius 1 is 1.54 bits per heavy atom. The molecule has 0 radical (unpaired) electrons. The fourth-order valence-electron chi connectivity index (χ4n) is 1.18. The molecule has 5 heteroatoms. The number of hydrogen-bond donors (Lipinski definition) is 2. The lowest BCUT2D eigenvalue weighted by Gasteiger charge is -1.97. The molecule has 0 atom stereocenters. The normalized spacial score (nSPS) is 10.6. The number of fused-ring (bicyclic) bond motifs is 1. The van der Waals surface area contributed by atoms with E-state index in [0.717, 1.165) is 11.3 Å². The van der Waals surface area contributed by atoms with E-state index >= 15 is 0 Å². The van der Waals surface area contributed by atoms with Crippen LogP contribution in [0.1, 0.15) is 5.69 Å². The summed E-state index contributed by atoms with van der Waals surface area (Å²) in [7, 11) is 1.76. The van der Waals surface area contributed by atoms with E-state index in [0.29, 0.717) is 5.95 Å². The predicted octanol–water partition coefficient (Wildman–Crippen LogP) is 0.263. The monoisotopic (exact) mass is 178 g/mol. The van der Waals surface area contributed by atoms with Crippen molar-refractivity contribution in [2.24, 2.45) is 0 Å². The van der Waals surface area contributed by atoms with Gasteiger partial charge in [0.05, 0.1) is 12.3 Å². The van der Waals surface area contributed by atoms with Crippen LogP contribution in [0, 0.1) is 0 Å². The van der Waals surface area contributed by atoms with Crippen molar-refractivity contribution < 1.29 is 5.11 Å². The van der Waals surface area contributed by atoms with Gasteiger partial charge in [0.1, 0.15) is 0 Å². The fraction of sp³-hybridized carbons (Fsp3) is 0.250. The van der Waals surface area contributed by atoms with Gasteiger partial charge in [-0.3, -0.25) is 0 Å². The Morgan fingerprint density at radius 3 is 3.08 bits per heavy atom. The van der Waals surface area contributed by atoms with Gasteiger partial charge in [0, 0.05) is 7.05 Å². The van der Waals surface area contributed by atoms with E-state index in [4.69, 9.17) is 5.11 Å². The minimum Gasteiger partial charge on any atom is -0.390 e. The van der Waals surface area contributed by atoms with Crippen LogP contribution in [0.3, 0.4) is 0 Å². The fourth-order valence-corrected chi connectivity index (χ4v) is 1.18. The molecule has 0 saturated heterocycles. The van der Waals surface area contributed by atoms with Crippen LogP contribution in [0.25, 0.3) is 5.65 Å². The van der Waals surface area contributed by atoms with E-state index in [-0.39, 0.29) is 6.61 Å². The summed E-state index contributed by atoms with van der Waals surface area (Å²) in [5.41, 5.74) is 1.46. The van der Waals surface area contributed by atoms with E-state index in [9.17, 15) is 0 Å². The largest absolute Gasteiger partial charge is 0.390 e. The van der Waals surface area contributed by atoms with Crippen LogP contribution < -0.4 is 5.32 Å². The molecule has 0 amide bonds. The molecule has 0 bridgehead atoms. The minimum atomic E-state index is -0.0378. The SMILES string of the molecule is CNc1nc2cccc(CO)n2n1. The summed E-state index contributed by atoms with van der Waals surface area (Å²) in [4.78, 5) is 4.17. The second kappa shape index (κ2) is 3.02. The highest BCUT2D eigenvalue weighted by molar-refractivity contribution is 5.44. The summed E-state index contributed by atoms with van der Waals surface area (Å²) in [6.45, 7) is -0.0378. The van der Waals surface area contributed by atoms with Gasteiger partial charge in [-0.05, 0) is 12.1 Å². The second-order valence-corrected chi connectivity index (χ2v) is 2.63. The zero-order chi connectivity index (χ0) is 9.26. The topological polar surface area (TPSA) is 62.5 Å². The van der Waals surface area contributed by atoms with Gasteiger partial charge in [-0.15, -0.1) is 5.10 Å². The van der Waals surface area contributed by atoms with Gasteiger partial charge >= 0.3 is 0 Å². The Bertz CT molecular complexity index is 423. The summed E-state index contributed by atoms with van der Waals surface area (Å²) in [5, 5.41) is 16.0. The molecule has 0 aliphatic carbocycles. The van der Waals surface area contributed by atoms with E-state index in [1.807, 2.05) is 12.1 Å².